The van der Waals surface area contributed by atoms with Gasteiger partial charge in [0.25, 0.3) is 5.91 Å². The fraction of sp³-hybridized carbons (Fsp3) is 0.294. The third kappa shape index (κ3) is 2.13. The summed E-state index contributed by atoms with van der Waals surface area (Å²) >= 11 is 1.54. The zero-order chi connectivity index (χ0) is 15.1. The van der Waals surface area contributed by atoms with Gasteiger partial charge in [-0.05, 0) is 25.0 Å². The van der Waals surface area contributed by atoms with Gasteiger partial charge in [-0.1, -0.05) is 18.2 Å². The molecule has 0 unspecified atom stereocenters. The number of carbonyl (C=O) groups excluding carboxylic acids is 1. The van der Waals surface area contributed by atoms with Gasteiger partial charge in [0.05, 0.1) is 5.69 Å². The van der Waals surface area contributed by atoms with Gasteiger partial charge in [0.15, 0.2) is 0 Å². The predicted molar refractivity (Wildman–Crippen MR) is 89.2 cm³/mol. The Labute approximate surface area is 133 Å². The second-order valence-corrected chi connectivity index (χ2v) is 6.54. The van der Waals surface area contributed by atoms with Crippen LogP contribution in [-0.2, 0) is 7.05 Å². The number of amides is 1. The molecule has 4 nitrogen and oxygen atoms in total. The first-order valence-corrected chi connectivity index (χ1v) is 8.41. The molecule has 2 aromatic heterocycles. The topological polar surface area (TPSA) is 38.1 Å². The van der Waals surface area contributed by atoms with Gasteiger partial charge in [-0.3, -0.25) is 4.79 Å². The lowest BCUT2D eigenvalue weighted by Gasteiger charge is -2.12. The van der Waals surface area contributed by atoms with E-state index in [9.17, 15) is 4.79 Å². The fourth-order valence-electron chi connectivity index (χ4n) is 3.07. The number of aryl methyl sites for hydroxylation is 1. The van der Waals surface area contributed by atoms with E-state index < -0.39 is 0 Å². The normalized spacial score (nSPS) is 14.9. The van der Waals surface area contributed by atoms with Gasteiger partial charge in [0, 0.05) is 36.4 Å². The zero-order valence-corrected chi connectivity index (χ0v) is 13.3. The molecule has 0 spiro atoms. The van der Waals surface area contributed by atoms with E-state index in [0.717, 1.165) is 36.6 Å². The Kier molecular flexibility index (Phi) is 3.22. The maximum absolute atomic E-state index is 12.4. The molecule has 3 heterocycles. The van der Waals surface area contributed by atoms with Crippen LogP contribution in [0.2, 0.25) is 0 Å². The molecule has 0 aliphatic carbocycles. The van der Waals surface area contributed by atoms with E-state index in [1.165, 1.54) is 22.2 Å². The van der Waals surface area contributed by atoms with Crippen LogP contribution < -0.4 is 0 Å². The second kappa shape index (κ2) is 5.25. The first-order valence-electron chi connectivity index (χ1n) is 7.54. The van der Waals surface area contributed by atoms with Crippen LogP contribution in [0.4, 0.5) is 0 Å². The van der Waals surface area contributed by atoms with Gasteiger partial charge in [-0.25, -0.2) is 4.98 Å². The Morgan fingerprint density at radius 1 is 1.23 bits per heavy atom. The van der Waals surface area contributed by atoms with Crippen molar-refractivity contribution in [2.45, 2.75) is 12.8 Å². The standard InChI is InChI=1S/C17H17N3OS/c1-19-14-7-3-2-6-12(14)10-15(19)16-18-13(11-22-16)17(21)20-8-4-5-9-20/h2-3,6-7,10-11H,4-5,8-9H2,1H3. The van der Waals surface area contributed by atoms with Gasteiger partial charge in [0.1, 0.15) is 10.7 Å². The molecule has 0 radical (unpaired) electrons. The van der Waals surface area contributed by atoms with Crippen LogP contribution in [0.15, 0.2) is 35.7 Å². The molecule has 1 aliphatic rings. The molecule has 1 aliphatic heterocycles. The highest BCUT2D eigenvalue weighted by molar-refractivity contribution is 7.13. The second-order valence-electron chi connectivity index (χ2n) is 5.68. The summed E-state index contributed by atoms with van der Waals surface area (Å²) in [5, 5.41) is 3.98. The van der Waals surface area contributed by atoms with Crippen LogP contribution in [0.5, 0.6) is 0 Å². The van der Waals surface area contributed by atoms with E-state index in [2.05, 4.69) is 27.8 Å². The summed E-state index contributed by atoms with van der Waals surface area (Å²) in [5.41, 5.74) is 2.82. The minimum atomic E-state index is 0.0683. The third-order valence-electron chi connectivity index (χ3n) is 4.29. The summed E-state index contributed by atoms with van der Waals surface area (Å²) in [6.45, 7) is 1.72. The molecule has 5 heteroatoms. The Morgan fingerprint density at radius 2 is 2.00 bits per heavy atom. The van der Waals surface area contributed by atoms with Crippen molar-refractivity contribution in [3.63, 3.8) is 0 Å². The summed E-state index contributed by atoms with van der Waals surface area (Å²) in [6, 6.07) is 10.4. The number of nitrogens with zero attached hydrogens (tertiary/aromatic N) is 3. The van der Waals surface area contributed by atoms with Crippen molar-refractivity contribution < 1.29 is 4.79 Å². The molecule has 3 aromatic rings. The molecule has 1 fully saturated rings. The third-order valence-corrected chi connectivity index (χ3v) is 5.15. The van der Waals surface area contributed by atoms with E-state index in [4.69, 9.17) is 0 Å². The summed E-state index contributed by atoms with van der Waals surface area (Å²) < 4.78 is 2.14. The number of thiazole rings is 1. The Balaban J connectivity index is 1.70. The number of aromatic nitrogens is 2. The van der Waals surface area contributed by atoms with E-state index >= 15 is 0 Å². The highest BCUT2D eigenvalue weighted by Crippen LogP contribution is 2.30. The van der Waals surface area contributed by atoms with Gasteiger partial charge in [-0.2, -0.15) is 0 Å². The van der Waals surface area contributed by atoms with E-state index in [-0.39, 0.29) is 5.91 Å². The molecule has 1 aromatic carbocycles. The smallest absolute Gasteiger partial charge is 0.273 e. The summed E-state index contributed by atoms with van der Waals surface area (Å²) in [4.78, 5) is 18.9. The van der Waals surface area contributed by atoms with Crippen LogP contribution >= 0.6 is 11.3 Å². The monoisotopic (exact) mass is 311 g/mol. The van der Waals surface area contributed by atoms with E-state index in [0.29, 0.717) is 5.69 Å². The van der Waals surface area contributed by atoms with Crippen molar-refractivity contribution in [2.24, 2.45) is 7.05 Å². The number of likely N-dealkylation sites (tertiary alicyclic amines) is 1. The lowest BCUT2D eigenvalue weighted by Crippen LogP contribution is -2.27. The number of rotatable bonds is 2. The molecule has 1 amide bonds. The van der Waals surface area contributed by atoms with Gasteiger partial charge >= 0.3 is 0 Å². The number of benzene rings is 1. The maximum atomic E-state index is 12.4. The molecule has 0 bridgehead atoms. The number of carbonyl (C=O) groups is 1. The number of para-hydroxylation sites is 1. The van der Waals surface area contributed by atoms with Crippen molar-refractivity contribution in [3.05, 3.63) is 41.4 Å². The molecule has 1 saturated heterocycles. The molecule has 0 atom stereocenters. The minimum absolute atomic E-state index is 0.0683. The van der Waals surface area contributed by atoms with Gasteiger partial charge in [0.2, 0.25) is 0 Å². The minimum Gasteiger partial charge on any atom is -0.342 e. The Morgan fingerprint density at radius 3 is 2.77 bits per heavy atom. The number of hydrogen-bond acceptors (Lipinski definition) is 3. The predicted octanol–water partition coefficient (Wildman–Crippen LogP) is 3.54. The number of hydrogen-bond donors (Lipinski definition) is 0. The summed E-state index contributed by atoms with van der Waals surface area (Å²) in [7, 11) is 2.04. The van der Waals surface area contributed by atoms with Gasteiger partial charge in [-0.15, -0.1) is 11.3 Å². The van der Waals surface area contributed by atoms with Crippen LogP contribution in [0.3, 0.4) is 0 Å². The fourth-order valence-corrected chi connectivity index (χ4v) is 3.91. The van der Waals surface area contributed by atoms with Crippen LogP contribution in [0, 0.1) is 0 Å². The van der Waals surface area contributed by atoms with Crippen LogP contribution in [0.25, 0.3) is 21.6 Å². The lowest BCUT2D eigenvalue weighted by atomic mass is 10.2. The Hall–Kier alpha value is -2.14. The molecule has 22 heavy (non-hydrogen) atoms. The average molecular weight is 311 g/mol. The zero-order valence-electron chi connectivity index (χ0n) is 12.5. The highest BCUT2D eigenvalue weighted by atomic mass is 32.1. The SMILES string of the molecule is Cn1c(-c2nc(C(=O)N3CCCC3)cs2)cc2ccccc21. The van der Waals surface area contributed by atoms with Crippen molar-refractivity contribution >= 4 is 28.1 Å². The maximum Gasteiger partial charge on any atom is 0.273 e. The Bertz CT molecular complexity index is 843. The van der Waals surface area contributed by atoms with E-state index in [1.54, 1.807) is 0 Å². The van der Waals surface area contributed by atoms with Crippen molar-refractivity contribution in [3.8, 4) is 10.7 Å². The summed E-state index contributed by atoms with van der Waals surface area (Å²) in [5.74, 6) is 0.0683. The van der Waals surface area contributed by atoms with E-state index in [1.807, 2.05) is 29.5 Å². The molecule has 0 N–H and O–H groups in total. The van der Waals surface area contributed by atoms with Gasteiger partial charge < -0.3 is 9.47 Å². The lowest BCUT2D eigenvalue weighted by molar-refractivity contribution is 0.0788. The van der Waals surface area contributed by atoms with Crippen LogP contribution in [0.1, 0.15) is 23.3 Å². The molecule has 4 rings (SSSR count). The van der Waals surface area contributed by atoms with Crippen molar-refractivity contribution in [2.75, 3.05) is 13.1 Å². The van der Waals surface area contributed by atoms with Crippen molar-refractivity contribution in [1.82, 2.24) is 14.5 Å². The first kappa shape index (κ1) is 13.5. The molecule has 0 saturated carbocycles. The highest BCUT2D eigenvalue weighted by Gasteiger charge is 2.22. The largest absolute Gasteiger partial charge is 0.342 e. The average Bonchev–Trinajstić information content (AvgIpc) is 3.27. The summed E-state index contributed by atoms with van der Waals surface area (Å²) in [6.07, 6.45) is 2.21. The molecular formula is C17H17N3OS. The quantitative estimate of drug-likeness (QED) is 0.726. The van der Waals surface area contributed by atoms with Crippen LogP contribution in [-0.4, -0.2) is 33.4 Å². The first-order chi connectivity index (χ1) is 10.7. The van der Waals surface area contributed by atoms with Crippen molar-refractivity contribution in [1.29, 1.82) is 0 Å². The number of fused-ring (bicyclic) bond motifs is 1. The molecular weight excluding hydrogens is 294 g/mol. The molecule has 112 valence electrons.